The summed E-state index contributed by atoms with van der Waals surface area (Å²) in [5, 5.41) is 5.35. The lowest BCUT2D eigenvalue weighted by Crippen LogP contribution is -2.36. The predicted octanol–water partition coefficient (Wildman–Crippen LogP) is 5.35. The van der Waals surface area contributed by atoms with Gasteiger partial charge in [-0.3, -0.25) is 24.1 Å². The number of hydrogen-bond acceptors (Lipinski definition) is 7. The minimum absolute atomic E-state index is 0.160. The number of benzene rings is 3. The molecular weight excluding hydrogens is 542 g/mol. The Bertz CT molecular complexity index is 1440. The molecule has 1 aliphatic heterocycles. The Balaban J connectivity index is 1.37. The Morgan fingerprint density at radius 1 is 0.923 bits per heavy atom. The van der Waals surface area contributed by atoms with E-state index in [1.165, 1.54) is 13.2 Å². The largest absolute Gasteiger partial charge is 0.493 e. The number of imide groups is 1. The van der Waals surface area contributed by atoms with Crippen molar-refractivity contribution in [1.82, 2.24) is 4.90 Å². The number of rotatable bonds is 9. The summed E-state index contributed by atoms with van der Waals surface area (Å²) in [5.41, 5.74) is 2.81. The van der Waals surface area contributed by atoms with Crippen molar-refractivity contribution >= 4 is 63.8 Å². The van der Waals surface area contributed by atoms with Crippen LogP contribution < -0.4 is 20.1 Å². The smallest absolute Gasteiger partial charge is 0.294 e. The third-order valence-electron chi connectivity index (χ3n) is 5.48. The van der Waals surface area contributed by atoms with E-state index < -0.39 is 23.6 Å². The highest BCUT2D eigenvalue weighted by Gasteiger charge is 2.36. The molecule has 3 aromatic rings. The molecule has 0 aromatic heterocycles. The van der Waals surface area contributed by atoms with Crippen LogP contribution in [0.15, 0.2) is 71.6 Å². The van der Waals surface area contributed by atoms with Gasteiger partial charge in [0.25, 0.3) is 17.1 Å². The Morgan fingerprint density at radius 2 is 1.56 bits per heavy atom. The molecule has 0 bridgehead atoms. The minimum Gasteiger partial charge on any atom is -0.493 e. The highest BCUT2D eigenvalue weighted by atomic mass is 35.5. The van der Waals surface area contributed by atoms with Crippen LogP contribution in [0, 0.1) is 6.92 Å². The molecule has 200 valence electrons. The summed E-state index contributed by atoms with van der Waals surface area (Å²) >= 11 is 6.58. The van der Waals surface area contributed by atoms with Gasteiger partial charge < -0.3 is 20.1 Å². The molecule has 0 atom stereocenters. The predicted molar refractivity (Wildman–Crippen MR) is 151 cm³/mol. The highest BCUT2D eigenvalue weighted by Crippen LogP contribution is 2.34. The first-order valence-electron chi connectivity index (χ1n) is 11.7. The van der Waals surface area contributed by atoms with Crippen molar-refractivity contribution in [3.63, 3.8) is 0 Å². The monoisotopic (exact) mass is 565 g/mol. The Hall–Kier alpha value is -4.28. The van der Waals surface area contributed by atoms with E-state index in [1.807, 2.05) is 19.1 Å². The van der Waals surface area contributed by atoms with Crippen LogP contribution in [0.4, 0.5) is 16.2 Å². The molecule has 0 spiro atoms. The number of carbonyl (C=O) groups excluding carboxylic acids is 4. The van der Waals surface area contributed by atoms with Crippen molar-refractivity contribution in [3.8, 4) is 11.5 Å². The molecule has 1 saturated heterocycles. The molecule has 2 N–H and O–H groups in total. The van der Waals surface area contributed by atoms with Crippen molar-refractivity contribution in [2.45, 2.75) is 6.92 Å². The van der Waals surface area contributed by atoms with E-state index in [9.17, 15) is 19.2 Å². The third-order valence-corrected chi connectivity index (χ3v) is 6.64. The first-order valence-corrected chi connectivity index (χ1v) is 12.9. The minimum atomic E-state index is -0.580. The van der Waals surface area contributed by atoms with E-state index in [-0.39, 0.29) is 17.4 Å². The number of nitrogens with zero attached hydrogens (tertiary/aromatic N) is 1. The fourth-order valence-corrected chi connectivity index (χ4v) is 4.50. The molecule has 3 aromatic carbocycles. The second-order valence-corrected chi connectivity index (χ2v) is 9.87. The summed E-state index contributed by atoms with van der Waals surface area (Å²) in [4.78, 5) is 51.0. The topological polar surface area (TPSA) is 114 Å². The normalized spacial score (nSPS) is 13.9. The van der Waals surface area contributed by atoms with Crippen LogP contribution >= 0.6 is 23.4 Å². The number of methoxy groups -OCH3 is 1. The zero-order chi connectivity index (χ0) is 27.9. The quantitative estimate of drug-likeness (QED) is 0.336. The number of hydrogen-bond donors (Lipinski definition) is 2. The molecule has 1 fully saturated rings. The second kappa shape index (κ2) is 12.5. The van der Waals surface area contributed by atoms with Gasteiger partial charge in [0.2, 0.25) is 5.91 Å². The van der Waals surface area contributed by atoms with Gasteiger partial charge in [0.1, 0.15) is 6.54 Å². The van der Waals surface area contributed by atoms with Gasteiger partial charge in [-0.1, -0.05) is 35.4 Å². The van der Waals surface area contributed by atoms with E-state index in [1.54, 1.807) is 54.6 Å². The maximum absolute atomic E-state index is 12.8. The van der Waals surface area contributed by atoms with Crippen molar-refractivity contribution < 1.29 is 28.7 Å². The molecule has 4 rings (SSSR count). The molecule has 39 heavy (non-hydrogen) atoms. The molecule has 1 aliphatic rings. The number of amides is 4. The van der Waals surface area contributed by atoms with Gasteiger partial charge in [0.15, 0.2) is 18.1 Å². The molecule has 0 aliphatic carbocycles. The zero-order valence-corrected chi connectivity index (χ0v) is 22.6. The SMILES string of the molecule is COc1cc(/C=C2/SC(=O)N(CC(=O)Nc3ccc(Cl)cc3)C2=O)ccc1OCC(=O)Nc1ccc(C)cc1. The number of nitrogens with one attached hydrogen (secondary N) is 2. The van der Waals surface area contributed by atoms with Crippen molar-refractivity contribution in [2.75, 3.05) is 30.9 Å². The van der Waals surface area contributed by atoms with Crippen LogP contribution in [0.1, 0.15) is 11.1 Å². The number of halogens is 1. The number of ether oxygens (including phenoxy) is 2. The van der Waals surface area contributed by atoms with Crippen LogP contribution in [0.5, 0.6) is 11.5 Å². The van der Waals surface area contributed by atoms with E-state index in [0.717, 1.165) is 22.2 Å². The van der Waals surface area contributed by atoms with Crippen LogP contribution in [-0.4, -0.2) is 48.1 Å². The van der Waals surface area contributed by atoms with Crippen molar-refractivity contribution in [1.29, 1.82) is 0 Å². The van der Waals surface area contributed by atoms with Crippen LogP contribution in [0.3, 0.4) is 0 Å². The van der Waals surface area contributed by atoms with E-state index in [2.05, 4.69) is 10.6 Å². The fourth-order valence-electron chi connectivity index (χ4n) is 3.54. The van der Waals surface area contributed by atoms with Gasteiger partial charge in [0, 0.05) is 16.4 Å². The fraction of sp³-hybridized carbons (Fsp3) is 0.143. The summed E-state index contributed by atoms with van der Waals surface area (Å²) in [6.45, 7) is 1.30. The first-order chi connectivity index (χ1) is 18.7. The lowest BCUT2D eigenvalue weighted by atomic mass is 10.2. The van der Waals surface area contributed by atoms with Gasteiger partial charge in [0.05, 0.1) is 12.0 Å². The summed E-state index contributed by atoms with van der Waals surface area (Å²) in [5.74, 6) is -0.758. The Kier molecular flexibility index (Phi) is 8.90. The molecule has 11 heteroatoms. The van der Waals surface area contributed by atoms with Gasteiger partial charge in [-0.2, -0.15) is 0 Å². The maximum Gasteiger partial charge on any atom is 0.294 e. The molecule has 0 saturated carbocycles. The van der Waals surface area contributed by atoms with Crippen LogP contribution in [0.2, 0.25) is 5.02 Å². The summed E-state index contributed by atoms with van der Waals surface area (Å²) < 4.78 is 11.0. The first kappa shape index (κ1) is 27.7. The number of carbonyl (C=O) groups is 4. The second-order valence-electron chi connectivity index (χ2n) is 8.44. The van der Waals surface area contributed by atoms with Crippen LogP contribution in [0.25, 0.3) is 6.08 Å². The standard InChI is InChI=1S/C28H24ClN3O6S/c1-17-3-8-20(9-4-17)31-26(34)16-38-22-12-5-18(13-23(22)37-2)14-24-27(35)32(28(36)39-24)15-25(33)30-21-10-6-19(29)7-11-21/h3-14H,15-16H2,1-2H3,(H,30,33)(H,31,34)/b24-14+. The average molecular weight is 566 g/mol. The van der Waals surface area contributed by atoms with E-state index >= 15 is 0 Å². The van der Waals surface area contributed by atoms with Gasteiger partial charge in [-0.15, -0.1) is 0 Å². The Morgan fingerprint density at radius 3 is 2.23 bits per heavy atom. The van der Waals surface area contributed by atoms with Crippen LogP contribution in [-0.2, 0) is 14.4 Å². The van der Waals surface area contributed by atoms with Gasteiger partial charge in [-0.25, -0.2) is 0 Å². The van der Waals surface area contributed by atoms with Crippen molar-refractivity contribution in [2.24, 2.45) is 0 Å². The molecule has 4 amide bonds. The van der Waals surface area contributed by atoms with E-state index in [4.69, 9.17) is 21.1 Å². The van der Waals surface area contributed by atoms with E-state index in [0.29, 0.717) is 33.5 Å². The van der Waals surface area contributed by atoms with Crippen molar-refractivity contribution in [3.05, 3.63) is 87.8 Å². The molecule has 0 unspecified atom stereocenters. The summed E-state index contributed by atoms with van der Waals surface area (Å²) in [7, 11) is 1.45. The van der Waals surface area contributed by atoms with Gasteiger partial charge >= 0.3 is 0 Å². The molecular formula is C28H24ClN3O6S. The zero-order valence-electron chi connectivity index (χ0n) is 21.0. The summed E-state index contributed by atoms with van der Waals surface area (Å²) in [6, 6.07) is 18.7. The molecule has 9 nitrogen and oxygen atoms in total. The maximum atomic E-state index is 12.8. The summed E-state index contributed by atoms with van der Waals surface area (Å²) in [6.07, 6.45) is 1.53. The lowest BCUT2D eigenvalue weighted by molar-refractivity contribution is -0.127. The number of aryl methyl sites for hydroxylation is 1. The molecule has 0 radical (unpaired) electrons. The highest BCUT2D eigenvalue weighted by molar-refractivity contribution is 8.18. The third kappa shape index (κ3) is 7.40. The Labute approximate surface area is 234 Å². The molecule has 1 heterocycles. The number of thioether (sulfide) groups is 1. The average Bonchev–Trinajstić information content (AvgIpc) is 3.17. The lowest BCUT2D eigenvalue weighted by Gasteiger charge is -2.13. The van der Waals surface area contributed by atoms with Gasteiger partial charge in [-0.05, 0) is 78.9 Å². The number of anilines is 2.